The SMILES string of the molecule is CC(C)(C)OC(=O)N1C[C@@H](CN)[C@H](c2ccc3c(c2)OCO3)C1. The molecule has 3 rings (SSSR count). The number of benzene rings is 1. The van der Waals surface area contributed by atoms with Crippen LogP contribution in [0.2, 0.25) is 0 Å². The maximum Gasteiger partial charge on any atom is 0.410 e. The minimum absolute atomic E-state index is 0.182. The number of hydrogen-bond acceptors (Lipinski definition) is 5. The summed E-state index contributed by atoms with van der Waals surface area (Å²) in [5, 5.41) is 0. The number of ether oxygens (including phenoxy) is 3. The molecule has 1 saturated heterocycles. The first kappa shape index (κ1) is 15.9. The zero-order valence-electron chi connectivity index (χ0n) is 13.9. The Labute approximate surface area is 136 Å². The molecule has 2 N–H and O–H groups in total. The molecule has 1 fully saturated rings. The van der Waals surface area contributed by atoms with E-state index in [9.17, 15) is 4.79 Å². The first-order chi connectivity index (χ1) is 10.9. The molecule has 0 saturated carbocycles. The molecule has 23 heavy (non-hydrogen) atoms. The van der Waals surface area contributed by atoms with E-state index in [0.717, 1.165) is 17.1 Å². The normalized spacial score (nSPS) is 23.2. The van der Waals surface area contributed by atoms with Gasteiger partial charge in [-0.2, -0.15) is 0 Å². The fourth-order valence-electron chi connectivity index (χ4n) is 3.11. The van der Waals surface area contributed by atoms with Crippen molar-refractivity contribution in [2.75, 3.05) is 26.4 Å². The summed E-state index contributed by atoms with van der Waals surface area (Å²) in [6.45, 7) is 7.62. The van der Waals surface area contributed by atoms with E-state index in [1.165, 1.54) is 0 Å². The Hall–Kier alpha value is -1.95. The highest BCUT2D eigenvalue weighted by Gasteiger charge is 2.37. The molecule has 1 aromatic carbocycles. The third-order valence-electron chi connectivity index (χ3n) is 4.22. The van der Waals surface area contributed by atoms with Gasteiger partial charge in [0, 0.05) is 19.0 Å². The first-order valence-corrected chi connectivity index (χ1v) is 7.95. The molecule has 0 aromatic heterocycles. The van der Waals surface area contributed by atoms with Crippen molar-refractivity contribution in [3.05, 3.63) is 23.8 Å². The Morgan fingerprint density at radius 2 is 2.04 bits per heavy atom. The molecule has 0 spiro atoms. The molecule has 2 aliphatic rings. The molecular weight excluding hydrogens is 296 g/mol. The van der Waals surface area contributed by atoms with Gasteiger partial charge in [-0.3, -0.25) is 0 Å². The molecule has 0 unspecified atom stereocenters. The third-order valence-corrected chi connectivity index (χ3v) is 4.22. The van der Waals surface area contributed by atoms with Crippen molar-refractivity contribution in [2.24, 2.45) is 11.7 Å². The van der Waals surface area contributed by atoms with Gasteiger partial charge < -0.3 is 24.8 Å². The van der Waals surface area contributed by atoms with Gasteiger partial charge in [0.1, 0.15) is 5.60 Å². The van der Waals surface area contributed by atoms with Gasteiger partial charge in [0.25, 0.3) is 0 Å². The molecule has 1 amide bonds. The molecule has 0 aliphatic carbocycles. The Bertz CT molecular complexity index is 597. The van der Waals surface area contributed by atoms with Crippen LogP contribution >= 0.6 is 0 Å². The van der Waals surface area contributed by atoms with Crippen molar-refractivity contribution in [1.29, 1.82) is 0 Å². The van der Waals surface area contributed by atoms with E-state index >= 15 is 0 Å². The van der Waals surface area contributed by atoms with Crippen LogP contribution in [0.3, 0.4) is 0 Å². The summed E-state index contributed by atoms with van der Waals surface area (Å²) in [6, 6.07) is 5.94. The maximum atomic E-state index is 12.3. The van der Waals surface area contributed by atoms with E-state index in [4.69, 9.17) is 19.9 Å². The monoisotopic (exact) mass is 320 g/mol. The van der Waals surface area contributed by atoms with Gasteiger partial charge in [0.15, 0.2) is 11.5 Å². The predicted molar refractivity (Wildman–Crippen MR) is 85.7 cm³/mol. The van der Waals surface area contributed by atoms with Crippen molar-refractivity contribution in [1.82, 2.24) is 4.90 Å². The lowest BCUT2D eigenvalue weighted by Crippen LogP contribution is -2.35. The molecule has 1 aromatic rings. The zero-order chi connectivity index (χ0) is 16.6. The highest BCUT2D eigenvalue weighted by molar-refractivity contribution is 5.69. The second-order valence-corrected chi connectivity index (χ2v) is 7.10. The number of nitrogens with zero attached hydrogens (tertiary/aromatic N) is 1. The molecule has 6 heteroatoms. The highest BCUT2D eigenvalue weighted by Crippen LogP contribution is 2.39. The van der Waals surface area contributed by atoms with E-state index in [1.807, 2.05) is 39.0 Å². The standard InChI is InChI=1S/C17H24N2O4/c1-17(2,3)23-16(20)19-8-12(7-18)13(9-19)11-4-5-14-15(6-11)22-10-21-14/h4-6,12-13H,7-10,18H2,1-3H3/t12-,13+/m1/s1. The van der Waals surface area contributed by atoms with Crippen LogP contribution in [0.25, 0.3) is 0 Å². The van der Waals surface area contributed by atoms with Gasteiger partial charge in [-0.15, -0.1) is 0 Å². The summed E-state index contributed by atoms with van der Waals surface area (Å²) in [4.78, 5) is 14.1. The van der Waals surface area contributed by atoms with Gasteiger partial charge in [-0.25, -0.2) is 4.79 Å². The summed E-state index contributed by atoms with van der Waals surface area (Å²) < 4.78 is 16.3. The maximum absolute atomic E-state index is 12.3. The number of carbonyl (C=O) groups is 1. The fourth-order valence-corrected chi connectivity index (χ4v) is 3.11. The van der Waals surface area contributed by atoms with Crippen molar-refractivity contribution >= 4 is 6.09 Å². The van der Waals surface area contributed by atoms with Crippen LogP contribution < -0.4 is 15.2 Å². The van der Waals surface area contributed by atoms with Gasteiger partial charge in [-0.1, -0.05) is 6.07 Å². The van der Waals surface area contributed by atoms with E-state index in [2.05, 4.69) is 0 Å². The first-order valence-electron chi connectivity index (χ1n) is 7.95. The lowest BCUT2D eigenvalue weighted by molar-refractivity contribution is 0.0287. The number of carbonyl (C=O) groups excluding carboxylic acids is 1. The number of fused-ring (bicyclic) bond motifs is 1. The third kappa shape index (κ3) is 3.37. The van der Waals surface area contributed by atoms with Crippen LogP contribution in [0, 0.1) is 5.92 Å². The largest absolute Gasteiger partial charge is 0.454 e. The van der Waals surface area contributed by atoms with Crippen molar-refractivity contribution in [3.8, 4) is 11.5 Å². The molecule has 2 heterocycles. The summed E-state index contributed by atoms with van der Waals surface area (Å²) >= 11 is 0. The number of hydrogen-bond donors (Lipinski definition) is 1. The van der Waals surface area contributed by atoms with Crippen LogP contribution in [0.15, 0.2) is 18.2 Å². The number of nitrogens with two attached hydrogens (primary N) is 1. The molecule has 6 nitrogen and oxygen atoms in total. The summed E-state index contributed by atoms with van der Waals surface area (Å²) in [5.41, 5.74) is 6.56. The molecule has 0 radical (unpaired) electrons. The molecule has 2 atom stereocenters. The van der Waals surface area contributed by atoms with Crippen LogP contribution in [0.4, 0.5) is 4.79 Å². The van der Waals surface area contributed by atoms with Crippen molar-refractivity contribution in [3.63, 3.8) is 0 Å². The predicted octanol–water partition coefficient (Wildman–Crippen LogP) is 2.32. The topological polar surface area (TPSA) is 74.0 Å². The van der Waals surface area contributed by atoms with Crippen molar-refractivity contribution < 1.29 is 19.0 Å². The van der Waals surface area contributed by atoms with E-state index in [0.29, 0.717) is 19.6 Å². The van der Waals surface area contributed by atoms with Gasteiger partial charge >= 0.3 is 6.09 Å². The van der Waals surface area contributed by atoms with Crippen LogP contribution in [0.5, 0.6) is 11.5 Å². The minimum atomic E-state index is -0.494. The molecule has 126 valence electrons. The van der Waals surface area contributed by atoms with E-state index < -0.39 is 5.60 Å². The minimum Gasteiger partial charge on any atom is -0.454 e. The van der Waals surface area contributed by atoms with Gasteiger partial charge in [0.05, 0.1) is 0 Å². The van der Waals surface area contributed by atoms with Crippen LogP contribution in [0.1, 0.15) is 32.3 Å². The lowest BCUT2D eigenvalue weighted by Gasteiger charge is -2.24. The van der Waals surface area contributed by atoms with Crippen LogP contribution in [-0.2, 0) is 4.74 Å². The lowest BCUT2D eigenvalue weighted by atomic mass is 9.89. The Balaban J connectivity index is 1.76. The van der Waals surface area contributed by atoms with E-state index in [1.54, 1.807) is 4.90 Å². The zero-order valence-corrected chi connectivity index (χ0v) is 13.9. The Morgan fingerprint density at radius 1 is 1.30 bits per heavy atom. The summed E-state index contributed by atoms with van der Waals surface area (Å²) in [6.07, 6.45) is -0.279. The average molecular weight is 320 g/mol. The van der Waals surface area contributed by atoms with Crippen molar-refractivity contribution in [2.45, 2.75) is 32.3 Å². The van der Waals surface area contributed by atoms with E-state index in [-0.39, 0.29) is 24.7 Å². The molecule has 0 bridgehead atoms. The molecule has 2 aliphatic heterocycles. The Kier molecular flexibility index (Phi) is 4.10. The molecular formula is C17H24N2O4. The quantitative estimate of drug-likeness (QED) is 0.905. The average Bonchev–Trinajstić information content (AvgIpc) is 3.11. The second-order valence-electron chi connectivity index (χ2n) is 7.10. The fraction of sp³-hybridized carbons (Fsp3) is 0.588. The van der Waals surface area contributed by atoms with Gasteiger partial charge in [-0.05, 0) is 50.9 Å². The Morgan fingerprint density at radius 3 is 2.74 bits per heavy atom. The summed E-state index contributed by atoms with van der Waals surface area (Å²) in [7, 11) is 0. The smallest absolute Gasteiger partial charge is 0.410 e. The summed E-state index contributed by atoms with van der Waals surface area (Å²) in [5.74, 6) is 1.92. The highest BCUT2D eigenvalue weighted by atomic mass is 16.7. The number of rotatable bonds is 2. The second kappa shape index (κ2) is 5.92. The van der Waals surface area contributed by atoms with Gasteiger partial charge in [0.2, 0.25) is 6.79 Å². The van der Waals surface area contributed by atoms with Crippen LogP contribution in [-0.4, -0.2) is 43.0 Å². The number of likely N-dealkylation sites (tertiary alicyclic amines) is 1. The number of amides is 1.